The van der Waals surface area contributed by atoms with Crippen molar-refractivity contribution in [2.75, 3.05) is 6.61 Å². The molecule has 1 N–H and O–H groups in total. The van der Waals surface area contributed by atoms with Gasteiger partial charge in [-0.3, -0.25) is 4.79 Å². The lowest BCUT2D eigenvalue weighted by molar-refractivity contribution is 0.0177. The van der Waals surface area contributed by atoms with E-state index < -0.39 is 6.10 Å². The molecule has 124 valence electrons. The van der Waals surface area contributed by atoms with Crippen molar-refractivity contribution in [3.63, 3.8) is 0 Å². The van der Waals surface area contributed by atoms with Crippen molar-refractivity contribution in [3.8, 4) is 0 Å². The summed E-state index contributed by atoms with van der Waals surface area (Å²) in [6, 6.07) is 14.2. The quantitative estimate of drug-likeness (QED) is 0.739. The Balaban J connectivity index is 1.58. The van der Waals surface area contributed by atoms with E-state index in [9.17, 15) is 9.90 Å². The molecule has 1 heterocycles. The predicted octanol–water partition coefficient (Wildman–Crippen LogP) is 2.02. The first kappa shape index (κ1) is 16.6. The van der Waals surface area contributed by atoms with Crippen LogP contribution >= 0.6 is 11.6 Å². The van der Waals surface area contributed by atoms with Gasteiger partial charge >= 0.3 is 0 Å². The Bertz CT molecular complexity index is 880. The van der Waals surface area contributed by atoms with Gasteiger partial charge < -0.3 is 9.84 Å². The average molecular weight is 346 g/mol. The molecule has 0 aliphatic heterocycles. The second-order valence-corrected chi connectivity index (χ2v) is 5.83. The van der Waals surface area contributed by atoms with Gasteiger partial charge in [-0.2, -0.15) is 0 Å². The maximum atomic E-state index is 12.3. The topological polar surface area (TPSA) is 77.2 Å². The summed E-state index contributed by atoms with van der Waals surface area (Å²) in [5.41, 5.74) is 1.21. The van der Waals surface area contributed by atoms with Crippen LogP contribution in [-0.4, -0.2) is 32.8 Å². The van der Waals surface area contributed by atoms with Crippen molar-refractivity contribution in [2.45, 2.75) is 19.3 Å². The summed E-state index contributed by atoms with van der Waals surface area (Å²) in [6.45, 7) is 0.466. The number of hydrogen-bond acceptors (Lipinski definition) is 5. The highest BCUT2D eigenvalue weighted by atomic mass is 35.5. The van der Waals surface area contributed by atoms with Crippen LogP contribution in [0.3, 0.4) is 0 Å². The first-order chi connectivity index (χ1) is 11.6. The summed E-state index contributed by atoms with van der Waals surface area (Å²) in [4.78, 5) is 12.3. The molecule has 0 radical (unpaired) electrons. The minimum Gasteiger partial charge on any atom is -0.389 e. The molecule has 6 nitrogen and oxygen atoms in total. The van der Waals surface area contributed by atoms with Gasteiger partial charge in [-0.25, -0.2) is 4.68 Å². The van der Waals surface area contributed by atoms with Crippen LogP contribution in [0.4, 0.5) is 0 Å². The highest BCUT2D eigenvalue weighted by Gasteiger charge is 2.10. The molecule has 0 bridgehead atoms. The van der Waals surface area contributed by atoms with Crippen molar-refractivity contribution in [3.05, 3.63) is 69.5 Å². The lowest BCUT2D eigenvalue weighted by Gasteiger charge is -2.12. The first-order valence-electron chi connectivity index (χ1n) is 7.46. The third-order valence-corrected chi connectivity index (χ3v) is 3.76. The van der Waals surface area contributed by atoms with Gasteiger partial charge in [-0.05, 0) is 29.8 Å². The Labute approximate surface area is 143 Å². The van der Waals surface area contributed by atoms with Crippen LogP contribution in [0.1, 0.15) is 5.56 Å². The van der Waals surface area contributed by atoms with Gasteiger partial charge in [0.05, 0.1) is 31.2 Å². The molecule has 7 heteroatoms. The third-order valence-electron chi connectivity index (χ3n) is 3.51. The standard InChI is InChI=1S/C17H16ClN3O3/c18-13-7-5-12(6-8-13)10-24-11-14(22)9-21-17(23)15-3-1-2-4-16(15)19-20-21/h1-8,14,22H,9-11H2/t14-/m1/s1. The zero-order valence-electron chi connectivity index (χ0n) is 12.8. The van der Waals surface area contributed by atoms with Gasteiger partial charge in [0.2, 0.25) is 0 Å². The van der Waals surface area contributed by atoms with Crippen LogP contribution in [0, 0.1) is 0 Å². The van der Waals surface area contributed by atoms with Crippen molar-refractivity contribution in [1.29, 1.82) is 0 Å². The largest absolute Gasteiger partial charge is 0.389 e. The van der Waals surface area contributed by atoms with E-state index in [0.717, 1.165) is 10.2 Å². The molecule has 2 aromatic carbocycles. The summed E-state index contributed by atoms with van der Waals surface area (Å²) in [5.74, 6) is 0. The number of aromatic nitrogens is 3. The van der Waals surface area contributed by atoms with E-state index in [1.54, 1.807) is 36.4 Å². The smallest absolute Gasteiger partial charge is 0.277 e. The summed E-state index contributed by atoms with van der Waals surface area (Å²) < 4.78 is 6.62. The number of aliphatic hydroxyl groups excluding tert-OH is 1. The average Bonchev–Trinajstić information content (AvgIpc) is 2.59. The number of rotatable bonds is 6. The number of halogens is 1. The van der Waals surface area contributed by atoms with E-state index >= 15 is 0 Å². The van der Waals surface area contributed by atoms with Crippen LogP contribution in [0.2, 0.25) is 5.02 Å². The fourth-order valence-corrected chi connectivity index (χ4v) is 2.41. The molecule has 24 heavy (non-hydrogen) atoms. The van der Waals surface area contributed by atoms with E-state index in [1.807, 2.05) is 12.1 Å². The maximum absolute atomic E-state index is 12.3. The maximum Gasteiger partial charge on any atom is 0.277 e. The normalized spacial score (nSPS) is 12.4. The molecule has 3 rings (SSSR count). The number of fused-ring (bicyclic) bond motifs is 1. The van der Waals surface area contributed by atoms with Gasteiger partial charge in [0, 0.05) is 5.02 Å². The monoisotopic (exact) mass is 345 g/mol. The summed E-state index contributed by atoms with van der Waals surface area (Å²) in [5, 5.41) is 19.0. The number of hydrogen-bond donors (Lipinski definition) is 1. The van der Waals surface area contributed by atoms with Crippen LogP contribution in [-0.2, 0) is 17.9 Å². The van der Waals surface area contributed by atoms with Gasteiger partial charge in [-0.15, -0.1) is 5.10 Å². The molecule has 0 aliphatic rings. The minimum absolute atomic E-state index is 0.0251. The molecule has 0 amide bonds. The molecule has 0 aliphatic carbocycles. The molecular formula is C17H16ClN3O3. The molecule has 0 saturated carbocycles. The lowest BCUT2D eigenvalue weighted by atomic mass is 10.2. The van der Waals surface area contributed by atoms with Crippen LogP contribution in [0.5, 0.6) is 0 Å². The van der Waals surface area contributed by atoms with E-state index in [2.05, 4.69) is 10.3 Å². The molecule has 0 saturated heterocycles. The zero-order valence-corrected chi connectivity index (χ0v) is 13.6. The van der Waals surface area contributed by atoms with Gasteiger partial charge in [0.25, 0.3) is 5.56 Å². The SMILES string of the molecule is O=c1c2ccccc2nnn1C[C@@H](O)COCc1ccc(Cl)cc1. The Kier molecular flexibility index (Phi) is 5.20. The zero-order chi connectivity index (χ0) is 16.9. The second-order valence-electron chi connectivity index (χ2n) is 5.39. The number of aliphatic hydroxyl groups is 1. The molecule has 3 aromatic rings. The van der Waals surface area contributed by atoms with Gasteiger partial charge in [-0.1, -0.05) is 41.1 Å². The number of benzene rings is 2. The summed E-state index contributed by atoms with van der Waals surface area (Å²) >= 11 is 5.82. The highest BCUT2D eigenvalue weighted by Crippen LogP contribution is 2.10. The molecule has 1 atom stereocenters. The van der Waals surface area contributed by atoms with Crippen molar-refractivity contribution >= 4 is 22.5 Å². The second kappa shape index (κ2) is 7.53. The molecule has 0 unspecified atom stereocenters. The Hall–Kier alpha value is -2.28. The Morgan fingerprint density at radius 1 is 1.17 bits per heavy atom. The summed E-state index contributed by atoms with van der Waals surface area (Å²) in [6.07, 6.45) is -0.856. The van der Waals surface area contributed by atoms with E-state index in [1.165, 1.54) is 0 Å². The Morgan fingerprint density at radius 2 is 1.92 bits per heavy atom. The van der Waals surface area contributed by atoms with Crippen LogP contribution in [0.15, 0.2) is 53.3 Å². The lowest BCUT2D eigenvalue weighted by Crippen LogP contribution is -2.31. The fraction of sp³-hybridized carbons (Fsp3) is 0.235. The molecule has 0 fully saturated rings. The van der Waals surface area contributed by atoms with Crippen LogP contribution in [0.25, 0.3) is 10.9 Å². The highest BCUT2D eigenvalue weighted by molar-refractivity contribution is 6.30. The van der Waals surface area contributed by atoms with Crippen molar-refractivity contribution < 1.29 is 9.84 Å². The molecule has 1 aromatic heterocycles. The fourth-order valence-electron chi connectivity index (χ4n) is 2.29. The van der Waals surface area contributed by atoms with Crippen molar-refractivity contribution in [2.24, 2.45) is 0 Å². The van der Waals surface area contributed by atoms with E-state index in [0.29, 0.717) is 22.5 Å². The Morgan fingerprint density at radius 3 is 2.71 bits per heavy atom. The first-order valence-corrected chi connectivity index (χ1v) is 7.84. The van der Waals surface area contributed by atoms with Gasteiger partial charge in [0.15, 0.2) is 0 Å². The third kappa shape index (κ3) is 3.97. The summed E-state index contributed by atoms with van der Waals surface area (Å²) in [7, 11) is 0. The molecule has 0 spiro atoms. The number of ether oxygens (including phenoxy) is 1. The molecular weight excluding hydrogens is 330 g/mol. The van der Waals surface area contributed by atoms with Crippen LogP contribution < -0.4 is 5.56 Å². The predicted molar refractivity (Wildman–Crippen MR) is 90.9 cm³/mol. The van der Waals surface area contributed by atoms with Crippen molar-refractivity contribution in [1.82, 2.24) is 15.0 Å². The number of nitrogens with zero attached hydrogens (tertiary/aromatic N) is 3. The van der Waals surface area contributed by atoms with E-state index in [4.69, 9.17) is 16.3 Å². The van der Waals surface area contributed by atoms with Gasteiger partial charge in [0.1, 0.15) is 5.52 Å². The van der Waals surface area contributed by atoms with E-state index in [-0.39, 0.29) is 18.7 Å². The minimum atomic E-state index is -0.856.